The minimum absolute atomic E-state index is 0.847. The standard InChI is InChI=1S/C5H13N3/c6-7-5-8-3-1-2-4-8/h7H,1-6H2. The monoisotopic (exact) mass is 115 g/mol. The van der Waals surface area contributed by atoms with E-state index in [-0.39, 0.29) is 0 Å². The highest BCUT2D eigenvalue weighted by Gasteiger charge is 2.08. The van der Waals surface area contributed by atoms with Crippen LogP contribution in [0.1, 0.15) is 12.8 Å². The number of likely N-dealkylation sites (tertiary alicyclic amines) is 1. The van der Waals surface area contributed by atoms with E-state index in [0.717, 1.165) is 6.67 Å². The van der Waals surface area contributed by atoms with Crippen molar-refractivity contribution in [2.45, 2.75) is 12.8 Å². The number of hydrogen-bond acceptors (Lipinski definition) is 3. The summed E-state index contributed by atoms with van der Waals surface area (Å²) in [6, 6.07) is 0. The van der Waals surface area contributed by atoms with Crippen molar-refractivity contribution in [2.75, 3.05) is 19.8 Å². The van der Waals surface area contributed by atoms with Gasteiger partial charge in [0.2, 0.25) is 0 Å². The Morgan fingerprint density at radius 3 is 2.50 bits per heavy atom. The molecule has 0 aromatic heterocycles. The van der Waals surface area contributed by atoms with E-state index in [0.29, 0.717) is 0 Å². The molecule has 3 heteroatoms. The molecule has 0 aromatic rings. The smallest absolute Gasteiger partial charge is 0.0612 e. The summed E-state index contributed by atoms with van der Waals surface area (Å²) in [5.74, 6) is 5.12. The molecule has 1 heterocycles. The highest BCUT2D eigenvalue weighted by atomic mass is 15.3. The van der Waals surface area contributed by atoms with Crippen LogP contribution in [0.2, 0.25) is 0 Å². The van der Waals surface area contributed by atoms with Crippen LogP contribution in [0, 0.1) is 0 Å². The normalized spacial score (nSPS) is 22.1. The maximum atomic E-state index is 5.12. The van der Waals surface area contributed by atoms with Crippen molar-refractivity contribution < 1.29 is 0 Å². The first-order valence-electron chi connectivity index (χ1n) is 3.09. The zero-order chi connectivity index (χ0) is 5.82. The number of hydrazine groups is 1. The molecule has 0 atom stereocenters. The molecule has 3 nitrogen and oxygen atoms in total. The lowest BCUT2D eigenvalue weighted by molar-refractivity contribution is 0.312. The van der Waals surface area contributed by atoms with E-state index in [9.17, 15) is 0 Å². The van der Waals surface area contributed by atoms with Gasteiger partial charge in [-0.05, 0) is 25.9 Å². The fourth-order valence-corrected chi connectivity index (χ4v) is 1.07. The predicted molar refractivity (Wildman–Crippen MR) is 33.0 cm³/mol. The number of nitrogens with zero attached hydrogens (tertiary/aromatic N) is 1. The lowest BCUT2D eigenvalue weighted by Crippen LogP contribution is -2.35. The molecular weight excluding hydrogens is 102 g/mol. The Morgan fingerprint density at radius 1 is 1.38 bits per heavy atom. The molecule has 3 N–H and O–H groups in total. The lowest BCUT2D eigenvalue weighted by atomic mass is 10.4. The van der Waals surface area contributed by atoms with Gasteiger partial charge in [-0.3, -0.25) is 10.7 Å². The fraction of sp³-hybridized carbons (Fsp3) is 1.00. The van der Waals surface area contributed by atoms with Crippen molar-refractivity contribution in [1.82, 2.24) is 10.3 Å². The highest BCUT2D eigenvalue weighted by Crippen LogP contribution is 2.04. The van der Waals surface area contributed by atoms with Gasteiger partial charge in [-0.2, -0.15) is 0 Å². The van der Waals surface area contributed by atoms with Crippen LogP contribution in [-0.4, -0.2) is 24.7 Å². The van der Waals surface area contributed by atoms with E-state index < -0.39 is 0 Å². The molecule has 0 saturated carbocycles. The Bertz CT molecular complexity index is 58.7. The summed E-state index contributed by atoms with van der Waals surface area (Å²) in [7, 11) is 0. The van der Waals surface area contributed by atoms with Gasteiger partial charge < -0.3 is 0 Å². The van der Waals surface area contributed by atoms with E-state index in [1.807, 2.05) is 0 Å². The van der Waals surface area contributed by atoms with Crippen LogP contribution in [0.25, 0.3) is 0 Å². The third-order valence-electron chi connectivity index (χ3n) is 1.51. The molecule has 48 valence electrons. The molecule has 0 amide bonds. The van der Waals surface area contributed by atoms with Crippen LogP contribution in [0.5, 0.6) is 0 Å². The van der Waals surface area contributed by atoms with Gasteiger partial charge in [-0.25, -0.2) is 5.43 Å². The van der Waals surface area contributed by atoms with Gasteiger partial charge in [-0.1, -0.05) is 0 Å². The van der Waals surface area contributed by atoms with E-state index in [1.54, 1.807) is 0 Å². The van der Waals surface area contributed by atoms with Crippen molar-refractivity contribution in [3.8, 4) is 0 Å². The van der Waals surface area contributed by atoms with Crippen molar-refractivity contribution in [2.24, 2.45) is 5.84 Å². The Morgan fingerprint density at radius 2 is 2.00 bits per heavy atom. The van der Waals surface area contributed by atoms with Gasteiger partial charge in [0.15, 0.2) is 0 Å². The summed E-state index contributed by atoms with van der Waals surface area (Å²) in [5.41, 5.74) is 2.64. The zero-order valence-electron chi connectivity index (χ0n) is 5.06. The van der Waals surface area contributed by atoms with E-state index in [1.165, 1.54) is 25.9 Å². The van der Waals surface area contributed by atoms with Crippen LogP contribution < -0.4 is 11.3 Å². The molecular formula is C5H13N3. The maximum Gasteiger partial charge on any atom is 0.0612 e. The average molecular weight is 115 g/mol. The van der Waals surface area contributed by atoms with Gasteiger partial charge in [0.25, 0.3) is 0 Å². The molecule has 0 bridgehead atoms. The second-order valence-corrected chi connectivity index (χ2v) is 2.19. The third-order valence-corrected chi connectivity index (χ3v) is 1.51. The van der Waals surface area contributed by atoms with E-state index in [4.69, 9.17) is 5.84 Å². The van der Waals surface area contributed by atoms with Gasteiger partial charge in [0.05, 0.1) is 6.67 Å². The topological polar surface area (TPSA) is 41.3 Å². The van der Waals surface area contributed by atoms with E-state index in [2.05, 4.69) is 10.3 Å². The van der Waals surface area contributed by atoms with Gasteiger partial charge in [0, 0.05) is 0 Å². The summed E-state index contributed by atoms with van der Waals surface area (Å²) in [4.78, 5) is 2.31. The summed E-state index contributed by atoms with van der Waals surface area (Å²) >= 11 is 0. The minimum atomic E-state index is 0.847. The quantitative estimate of drug-likeness (QED) is 0.376. The second-order valence-electron chi connectivity index (χ2n) is 2.19. The highest BCUT2D eigenvalue weighted by molar-refractivity contribution is 4.62. The van der Waals surface area contributed by atoms with E-state index >= 15 is 0 Å². The first-order valence-corrected chi connectivity index (χ1v) is 3.09. The molecule has 8 heavy (non-hydrogen) atoms. The van der Waals surface area contributed by atoms with Crippen LogP contribution >= 0.6 is 0 Å². The number of nitrogens with one attached hydrogen (secondary N) is 1. The largest absolute Gasteiger partial charge is 0.290 e. The van der Waals surface area contributed by atoms with Gasteiger partial charge in [0.1, 0.15) is 0 Å². The Labute approximate surface area is 49.8 Å². The van der Waals surface area contributed by atoms with Crippen molar-refractivity contribution >= 4 is 0 Å². The summed E-state index contributed by atoms with van der Waals surface area (Å²) in [5, 5.41) is 0. The number of rotatable bonds is 2. The van der Waals surface area contributed by atoms with Crippen molar-refractivity contribution in [1.29, 1.82) is 0 Å². The van der Waals surface area contributed by atoms with Crippen LogP contribution in [0.4, 0.5) is 0 Å². The van der Waals surface area contributed by atoms with Crippen LogP contribution in [-0.2, 0) is 0 Å². The summed E-state index contributed by atoms with van der Waals surface area (Å²) in [6.07, 6.45) is 2.67. The molecule has 1 aliphatic heterocycles. The second kappa shape index (κ2) is 3.02. The number of hydrogen-bond donors (Lipinski definition) is 2. The van der Waals surface area contributed by atoms with Gasteiger partial charge >= 0.3 is 0 Å². The van der Waals surface area contributed by atoms with Crippen molar-refractivity contribution in [3.63, 3.8) is 0 Å². The zero-order valence-corrected chi connectivity index (χ0v) is 5.06. The van der Waals surface area contributed by atoms with Gasteiger partial charge in [-0.15, -0.1) is 0 Å². The minimum Gasteiger partial charge on any atom is -0.290 e. The molecule has 1 saturated heterocycles. The Kier molecular flexibility index (Phi) is 2.27. The van der Waals surface area contributed by atoms with Crippen LogP contribution in [0.3, 0.4) is 0 Å². The van der Waals surface area contributed by atoms with Crippen LogP contribution in [0.15, 0.2) is 0 Å². The SMILES string of the molecule is NNCN1CCCC1. The molecule has 1 aliphatic rings. The first kappa shape index (κ1) is 6.01. The Hall–Kier alpha value is -0.120. The average Bonchev–Trinajstić information content (AvgIpc) is 2.19. The lowest BCUT2D eigenvalue weighted by Gasteiger charge is -2.11. The molecule has 0 radical (unpaired) electrons. The molecule has 0 unspecified atom stereocenters. The molecule has 1 fully saturated rings. The summed E-state index contributed by atoms with van der Waals surface area (Å²) in [6.45, 7) is 3.27. The molecule has 0 aromatic carbocycles. The Balaban J connectivity index is 2.06. The molecule has 0 spiro atoms. The fourth-order valence-electron chi connectivity index (χ4n) is 1.07. The number of nitrogens with two attached hydrogens (primary N) is 1. The third kappa shape index (κ3) is 1.43. The maximum absolute atomic E-state index is 5.12. The predicted octanol–water partition coefficient (Wildman–Crippen LogP) is -0.497. The molecule has 0 aliphatic carbocycles. The first-order chi connectivity index (χ1) is 3.93. The summed E-state index contributed by atoms with van der Waals surface area (Å²) < 4.78 is 0. The van der Waals surface area contributed by atoms with Crippen molar-refractivity contribution in [3.05, 3.63) is 0 Å². The molecule has 1 rings (SSSR count).